The molecule has 1 aliphatic carbocycles. The van der Waals surface area contributed by atoms with Crippen molar-refractivity contribution in [3.05, 3.63) is 64.4 Å². The third-order valence-electron chi connectivity index (χ3n) is 5.61. The van der Waals surface area contributed by atoms with E-state index in [0.29, 0.717) is 27.3 Å². The third-order valence-corrected chi connectivity index (χ3v) is 6.67. The molecule has 160 valence electrons. The van der Waals surface area contributed by atoms with Gasteiger partial charge in [0.15, 0.2) is 10.9 Å². The summed E-state index contributed by atoms with van der Waals surface area (Å²) in [5.41, 5.74) is 1.84. The average molecular weight is 436 g/mol. The first-order valence-corrected chi connectivity index (χ1v) is 11.4. The number of hydrogen-bond acceptors (Lipinski definition) is 5. The van der Waals surface area contributed by atoms with Gasteiger partial charge in [0.05, 0.1) is 16.2 Å². The Balaban J connectivity index is 1.64. The number of fused-ring (bicyclic) bond motifs is 1. The van der Waals surface area contributed by atoms with Crippen LogP contribution in [0, 0.1) is 0 Å². The Bertz CT molecular complexity index is 1180. The van der Waals surface area contributed by atoms with E-state index in [4.69, 9.17) is 4.98 Å². The summed E-state index contributed by atoms with van der Waals surface area (Å²) in [7, 11) is 0. The van der Waals surface area contributed by atoms with Gasteiger partial charge in [-0.2, -0.15) is 0 Å². The number of para-hydroxylation sites is 1. The van der Waals surface area contributed by atoms with Gasteiger partial charge in [0.25, 0.3) is 5.56 Å². The van der Waals surface area contributed by atoms with Gasteiger partial charge in [-0.05, 0) is 56.2 Å². The monoisotopic (exact) mass is 435 g/mol. The van der Waals surface area contributed by atoms with Crippen molar-refractivity contribution in [3.63, 3.8) is 0 Å². The number of amides is 1. The number of ketones is 1. The van der Waals surface area contributed by atoms with Crippen molar-refractivity contribution in [1.29, 1.82) is 0 Å². The van der Waals surface area contributed by atoms with Gasteiger partial charge in [-0.25, -0.2) is 4.98 Å². The summed E-state index contributed by atoms with van der Waals surface area (Å²) in [6, 6.07) is 14.4. The Labute approximate surface area is 185 Å². The number of nitrogens with zero attached hydrogens (tertiary/aromatic N) is 2. The number of hydrogen-bond donors (Lipinski definition) is 1. The van der Waals surface area contributed by atoms with Crippen LogP contribution in [0.15, 0.2) is 58.5 Å². The lowest BCUT2D eigenvalue weighted by Gasteiger charge is -2.20. The van der Waals surface area contributed by atoms with Crippen molar-refractivity contribution in [2.24, 2.45) is 0 Å². The molecule has 3 aromatic rings. The van der Waals surface area contributed by atoms with Crippen LogP contribution >= 0.6 is 11.8 Å². The zero-order chi connectivity index (χ0) is 22.0. The van der Waals surface area contributed by atoms with Crippen molar-refractivity contribution < 1.29 is 9.59 Å². The number of rotatable bonds is 6. The van der Waals surface area contributed by atoms with Crippen molar-refractivity contribution in [2.45, 2.75) is 56.0 Å². The minimum Gasteiger partial charge on any atom is -0.326 e. The number of anilines is 1. The topological polar surface area (TPSA) is 81.1 Å². The number of carbonyl (C=O) groups is 2. The molecule has 0 saturated heterocycles. The van der Waals surface area contributed by atoms with Crippen LogP contribution < -0.4 is 10.9 Å². The SMILES string of the molecule is CC(=O)Nc1ccc(C(=O)C(C)Sc2nc3ccccc3c(=O)n2C2CCCC2)cc1. The number of aromatic nitrogens is 2. The standard InChI is InChI=1S/C24H25N3O3S/c1-15(22(29)17-11-13-18(14-12-17)25-16(2)28)31-24-26-21-10-6-5-9-20(21)23(30)27(24)19-7-3-4-8-19/h5-6,9-15,19H,3-4,7-8H2,1-2H3,(H,25,28). The second kappa shape index (κ2) is 9.06. The highest BCUT2D eigenvalue weighted by molar-refractivity contribution is 8.00. The summed E-state index contributed by atoms with van der Waals surface area (Å²) in [5.74, 6) is -0.199. The average Bonchev–Trinajstić information content (AvgIpc) is 3.28. The third kappa shape index (κ3) is 4.56. The van der Waals surface area contributed by atoms with E-state index in [1.807, 2.05) is 35.8 Å². The molecular weight excluding hydrogens is 410 g/mol. The minimum absolute atomic E-state index is 0.0284. The van der Waals surface area contributed by atoms with Crippen LogP contribution in [0.4, 0.5) is 5.69 Å². The summed E-state index contributed by atoms with van der Waals surface area (Å²) in [5, 5.41) is 3.51. The molecule has 1 aliphatic rings. The molecule has 2 aromatic carbocycles. The van der Waals surface area contributed by atoms with Crippen molar-refractivity contribution in [3.8, 4) is 0 Å². The van der Waals surface area contributed by atoms with Gasteiger partial charge in [-0.1, -0.05) is 36.7 Å². The van der Waals surface area contributed by atoms with E-state index in [2.05, 4.69) is 5.32 Å². The molecule has 1 unspecified atom stereocenters. The van der Waals surface area contributed by atoms with E-state index in [9.17, 15) is 14.4 Å². The lowest BCUT2D eigenvalue weighted by Crippen LogP contribution is -2.27. The first-order valence-electron chi connectivity index (χ1n) is 10.5. The van der Waals surface area contributed by atoms with Crippen LogP contribution in [0.2, 0.25) is 0 Å². The zero-order valence-electron chi connectivity index (χ0n) is 17.6. The smallest absolute Gasteiger partial charge is 0.262 e. The largest absolute Gasteiger partial charge is 0.326 e. The van der Waals surface area contributed by atoms with Crippen LogP contribution in [0.25, 0.3) is 10.9 Å². The summed E-state index contributed by atoms with van der Waals surface area (Å²) < 4.78 is 1.81. The van der Waals surface area contributed by atoms with E-state index in [0.717, 1.165) is 25.7 Å². The minimum atomic E-state index is -0.410. The molecule has 6 nitrogen and oxygen atoms in total. The number of Topliss-reactive ketones (excluding diaryl/α,β-unsaturated/α-hetero) is 1. The summed E-state index contributed by atoms with van der Waals surface area (Å²) in [6.07, 6.45) is 4.12. The first-order chi connectivity index (χ1) is 14.9. The fourth-order valence-electron chi connectivity index (χ4n) is 4.06. The predicted molar refractivity (Wildman–Crippen MR) is 124 cm³/mol. The Morgan fingerprint density at radius 3 is 2.45 bits per heavy atom. The van der Waals surface area contributed by atoms with Gasteiger partial charge in [-0.15, -0.1) is 0 Å². The second-order valence-electron chi connectivity index (χ2n) is 7.91. The lowest BCUT2D eigenvalue weighted by atomic mass is 10.1. The molecule has 0 aliphatic heterocycles. The molecule has 7 heteroatoms. The Morgan fingerprint density at radius 1 is 1.10 bits per heavy atom. The van der Waals surface area contributed by atoms with Gasteiger partial charge < -0.3 is 5.32 Å². The molecule has 1 heterocycles. The molecule has 1 N–H and O–H groups in total. The fraction of sp³-hybridized carbons (Fsp3) is 0.333. The van der Waals surface area contributed by atoms with Gasteiger partial charge in [0.2, 0.25) is 5.91 Å². The zero-order valence-corrected chi connectivity index (χ0v) is 18.4. The second-order valence-corrected chi connectivity index (χ2v) is 9.22. The molecule has 1 atom stereocenters. The molecule has 0 bridgehead atoms. The highest BCUT2D eigenvalue weighted by Gasteiger charge is 2.26. The van der Waals surface area contributed by atoms with E-state index in [1.54, 1.807) is 24.3 Å². The Hall–Kier alpha value is -2.93. The number of nitrogens with one attached hydrogen (secondary N) is 1. The van der Waals surface area contributed by atoms with Crippen molar-refractivity contribution in [2.75, 3.05) is 5.32 Å². The highest BCUT2D eigenvalue weighted by Crippen LogP contribution is 2.34. The molecule has 31 heavy (non-hydrogen) atoms. The maximum atomic E-state index is 13.3. The maximum Gasteiger partial charge on any atom is 0.262 e. The highest BCUT2D eigenvalue weighted by atomic mass is 32.2. The van der Waals surface area contributed by atoms with Crippen molar-refractivity contribution >= 4 is 40.0 Å². The Morgan fingerprint density at radius 2 is 1.77 bits per heavy atom. The summed E-state index contributed by atoms with van der Waals surface area (Å²) >= 11 is 1.34. The van der Waals surface area contributed by atoms with Gasteiger partial charge in [0.1, 0.15) is 0 Å². The van der Waals surface area contributed by atoms with Crippen LogP contribution in [-0.2, 0) is 4.79 Å². The summed E-state index contributed by atoms with van der Waals surface area (Å²) in [6.45, 7) is 3.28. The molecule has 1 amide bonds. The molecular formula is C24H25N3O3S. The van der Waals surface area contributed by atoms with Gasteiger partial charge in [0, 0.05) is 24.2 Å². The van der Waals surface area contributed by atoms with E-state index >= 15 is 0 Å². The first kappa shape index (κ1) is 21.3. The lowest BCUT2D eigenvalue weighted by molar-refractivity contribution is -0.114. The maximum absolute atomic E-state index is 13.3. The van der Waals surface area contributed by atoms with Gasteiger partial charge >= 0.3 is 0 Å². The molecule has 1 aromatic heterocycles. The quantitative estimate of drug-likeness (QED) is 0.341. The molecule has 1 fully saturated rings. The molecule has 1 saturated carbocycles. The van der Waals surface area contributed by atoms with Crippen LogP contribution in [-0.4, -0.2) is 26.5 Å². The summed E-state index contributed by atoms with van der Waals surface area (Å²) in [4.78, 5) is 42.3. The van der Waals surface area contributed by atoms with Crippen LogP contribution in [0.3, 0.4) is 0 Å². The van der Waals surface area contributed by atoms with E-state index in [1.165, 1.54) is 18.7 Å². The fourth-order valence-corrected chi connectivity index (χ4v) is 5.12. The number of benzene rings is 2. The van der Waals surface area contributed by atoms with Gasteiger partial charge in [-0.3, -0.25) is 19.0 Å². The Kier molecular flexibility index (Phi) is 6.23. The van der Waals surface area contributed by atoms with Crippen LogP contribution in [0.1, 0.15) is 55.9 Å². The number of thioether (sulfide) groups is 1. The van der Waals surface area contributed by atoms with E-state index in [-0.39, 0.29) is 23.3 Å². The predicted octanol–water partition coefficient (Wildman–Crippen LogP) is 4.83. The van der Waals surface area contributed by atoms with Crippen molar-refractivity contribution in [1.82, 2.24) is 9.55 Å². The normalized spacial score (nSPS) is 15.2. The number of carbonyl (C=O) groups excluding carboxylic acids is 2. The molecule has 0 spiro atoms. The van der Waals surface area contributed by atoms with Crippen LogP contribution in [0.5, 0.6) is 0 Å². The molecule has 0 radical (unpaired) electrons. The van der Waals surface area contributed by atoms with E-state index < -0.39 is 5.25 Å². The molecule has 4 rings (SSSR count).